The number of amides is 1. The van der Waals surface area contributed by atoms with Gasteiger partial charge in [-0.15, -0.1) is 0 Å². The number of ether oxygens (including phenoxy) is 2. The molecule has 1 amide bonds. The molecule has 5 nitrogen and oxygen atoms in total. The predicted octanol–water partition coefficient (Wildman–Crippen LogP) is -0.495. The number of rotatable bonds is 10. The standard InChI is InChI=1S/C9H20N2O3/c1-11-4-6-14-8-7-13-5-2-3-9(10)12/h11H,2-8H2,1H3,(H2,10,12). The number of carbonyl (C=O) groups is 1. The van der Waals surface area contributed by atoms with Crippen molar-refractivity contribution in [1.82, 2.24) is 5.32 Å². The van der Waals surface area contributed by atoms with E-state index in [1.54, 1.807) is 0 Å². The zero-order valence-corrected chi connectivity index (χ0v) is 8.75. The Morgan fingerprint density at radius 3 is 2.43 bits per heavy atom. The summed E-state index contributed by atoms with van der Waals surface area (Å²) in [5, 5.41) is 2.97. The molecule has 5 heteroatoms. The second-order valence-corrected chi connectivity index (χ2v) is 2.90. The van der Waals surface area contributed by atoms with Gasteiger partial charge in [-0.25, -0.2) is 0 Å². The zero-order chi connectivity index (χ0) is 10.6. The highest BCUT2D eigenvalue weighted by molar-refractivity contribution is 5.73. The maximum atomic E-state index is 10.3. The number of hydrogen-bond donors (Lipinski definition) is 2. The molecular formula is C9H20N2O3. The lowest BCUT2D eigenvalue weighted by Crippen LogP contribution is -2.16. The highest BCUT2D eigenvalue weighted by atomic mass is 16.5. The first kappa shape index (κ1) is 13.4. The van der Waals surface area contributed by atoms with Crippen molar-refractivity contribution in [3.63, 3.8) is 0 Å². The van der Waals surface area contributed by atoms with Crippen LogP contribution in [-0.4, -0.2) is 45.9 Å². The van der Waals surface area contributed by atoms with Crippen LogP contribution in [0.25, 0.3) is 0 Å². The van der Waals surface area contributed by atoms with E-state index in [9.17, 15) is 4.79 Å². The van der Waals surface area contributed by atoms with Crippen LogP contribution in [0.2, 0.25) is 0 Å². The molecule has 0 radical (unpaired) electrons. The molecule has 0 aromatic carbocycles. The molecule has 0 unspecified atom stereocenters. The van der Waals surface area contributed by atoms with Gasteiger partial charge in [0.1, 0.15) is 0 Å². The fraction of sp³-hybridized carbons (Fsp3) is 0.889. The molecule has 3 N–H and O–H groups in total. The summed E-state index contributed by atoms with van der Waals surface area (Å²) in [5.41, 5.74) is 4.96. The van der Waals surface area contributed by atoms with Crippen molar-refractivity contribution in [2.75, 3.05) is 40.0 Å². The lowest BCUT2D eigenvalue weighted by atomic mass is 10.3. The number of primary amides is 1. The van der Waals surface area contributed by atoms with Crippen molar-refractivity contribution in [3.8, 4) is 0 Å². The SMILES string of the molecule is CNCCOCCOCCCC(N)=O. The summed E-state index contributed by atoms with van der Waals surface area (Å²) in [6.45, 7) is 3.28. The van der Waals surface area contributed by atoms with Crippen LogP contribution < -0.4 is 11.1 Å². The normalized spacial score (nSPS) is 10.4. The lowest BCUT2D eigenvalue weighted by molar-refractivity contribution is -0.118. The average molecular weight is 204 g/mol. The molecule has 0 aliphatic carbocycles. The van der Waals surface area contributed by atoms with Crippen molar-refractivity contribution in [1.29, 1.82) is 0 Å². The van der Waals surface area contributed by atoms with Gasteiger partial charge in [-0.2, -0.15) is 0 Å². The van der Waals surface area contributed by atoms with Crippen LogP contribution in [0.4, 0.5) is 0 Å². The smallest absolute Gasteiger partial charge is 0.217 e. The van der Waals surface area contributed by atoms with Crippen LogP contribution in [-0.2, 0) is 14.3 Å². The first-order valence-corrected chi connectivity index (χ1v) is 4.85. The van der Waals surface area contributed by atoms with Crippen molar-refractivity contribution < 1.29 is 14.3 Å². The average Bonchev–Trinajstić information content (AvgIpc) is 2.15. The van der Waals surface area contributed by atoms with Gasteiger partial charge in [0, 0.05) is 19.6 Å². The molecule has 0 spiro atoms. The van der Waals surface area contributed by atoms with E-state index >= 15 is 0 Å². The van der Waals surface area contributed by atoms with E-state index in [0.29, 0.717) is 39.3 Å². The van der Waals surface area contributed by atoms with Crippen molar-refractivity contribution in [2.45, 2.75) is 12.8 Å². The molecule has 14 heavy (non-hydrogen) atoms. The van der Waals surface area contributed by atoms with Crippen molar-refractivity contribution in [2.24, 2.45) is 5.73 Å². The van der Waals surface area contributed by atoms with Gasteiger partial charge in [-0.1, -0.05) is 0 Å². The molecule has 0 aromatic heterocycles. The molecule has 0 saturated carbocycles. The molecule has 84 valence electrons. The summed E-state index contributed by atoms with van der Waals surface area (Å²) in [5.74, 6) is -0.279. The fourth-order valence-corrected chi connectivity index (χ4v) is 0.845. The number of likely N-dealkylation sites (N-methyl/N-ethyl adjacent to an activating group) is 1. The Morgan fingerprint density at radius 1 is 1.21 bits per heavy atom. The minimum absolute atomic E-state index is 0.279. The van der Waals surface area contributed by atoms with Crippen molar-refractivity contribution >= 4 is 5.91 Å². The molecular weight excluding hydrogens is 184 g/mol. The highest BCUT2D eigenvalue weighted by Crippen LogP contribution is 1.88. The predicted molar refractivity (Wildman–Crippen MR) is 54.0 cm³/mol. The zero-order valence-electron chi connectivity index (χ0n) is 8.75. The minimum atomic E-state index is -0.279. The van der Waals surface area contributed by atoms with Crippen LogP contribution in [0.15, 0.2) is 0 Å². The number of carbonyl (C=O) groups excluding carboxylic acids is 1. The molecule has 0 rings (SSSR count). The lowest BCUT2D eigenvalue weighted by Gasteiger charge is -2.04. The molecule has 0 atom stereocenters. The first-order valence-electron chi connectivity index (χ1n) is 4.85. The second kappa shape index (κ2) is 10.4. The molecule has 0 bridgehead atoms. The molecule has 0 heterocycles. The molecule has 0 aromatic rings. The number of nitrogens with two attached hydrogens (primary N) is 1. The summed E-state index contributed by atoms with van der Waals surface area (Å²) in [6, 6.07) is 0. The van der Waals surface area contributed by atoms with Gasteiger partial charge in [-0.05, 0) is 13.5 Å². The van der Waals surface area contributed by atoms with Crippen LogP contribution in [0.1, 0.15) is 12.8 Å². The highest BCUT2D eigenvalue weighted by Gasteiger charge is 1.94. The Kier molecular flexibility index (Phi) is 9.95. The molecule has 0 saturated heterocycles. The van der Waals surface area contributed by atoms with Gasteiger partial charge >= 0.3 is 0 Å². The fourth-order valence-electron chi connectivity index (χ4n) is 0.845. The summed E-state index contributed by atoms with van der Waals surface area (Å²) < 4.78 is 10.4. The maximum Gasteiger partial charge on any atom is 0.217 e. The Morgan fingerprint density at radius 2 is 1.86 bits per heavy atom. The quantitative estimate of drug-likeness (QED) is 0.471. The second-order valence-electron chi connectivity index (χ2n) is 2.90. The third-order valence-electron chi connectivity index (χ3n) is 1.58. The molecule has 0 aliphatic rings. The van der Waals surface area contributed by atoms with Crippen molar-refractivity contribution in [3.05, 3.63) is 0 Å². The van der Waals surface area contributed by atoms with Crippen LogP contribution in [0, 0.1) is 0 Å². The number of nitrogens with one attached hydrogen (secondary N) is 1. The summed E-state index contributed by atoms with van der Waals surface area (Å²) >= 11 is 0. The largest absolute Gasteiger partial charge is 0.379 e. The topological polar surface area (TPSA) is 73.6 Å². The minimum Gasteiger partial charge on any atom is -0.379 e. The Labute approximate surface area is 84.9 Å². The third kappa shape index (κ3) is 11.4. The maximum absolute atomic E-state index is 10.3. The number of hydrogen-bond acceptors (Lipinski definition) is 4. The van der Waals surface area contributed by atoms with E-state index in [-0.39, 0.29) is 5.91 Å². The van der Waals surface area contributed by atoms with Crippen LogP contribution in [0.3, 0.4) is 0 Å². The van der Waals surface area contributed by atoms with E-state index < -0.39 is 0 Å². The summed E-state index contributed by atoms with van der Waals surface area (Å²) in [6.07, 6.45) is 1.08. The molecule has 0 fully saturated rings. The van der Waals surface area contributed by atoms with E-state index in [2.05, 4.69) is 5.32 Å². The van der Waals surface area contributed by atoms with E-state index in [0.717, 1.165) is 6.54 Å². The molecule has 0 aliphatic heterocycles. The van der Waals surface area contributed by atoms with Gasteiger partial charge in [0.2, 0.25) is 5.91 Å². The van der Waals surface area contributed by atoms with E-state index in [1.165, 1.54) is 0 Å². The first-order chi connectivity index (χ1) is 6.77. The monoisotopic (exact) mass is 204 g/mol. The van der Waals surface area contributed by atoms with E-state index in [4.69, 9.17) is 15.2 Å². The summed E-state index contributed by atoms with van der Waals surface area (Å²) in [7, 11) is 1.88. The van der Waals surface area contributed by atoms with Gasteiger partial charge in [0.15, 0.2) is 0 Å². The Bertz CT molecular complexity index is 142. The van der Waals surface area contributed by atoms with Gasteiger partial charge in [-0.3, -0.25) is 4.79 Å². The Balaban J connectivity index is 2.88. The van der Waals surface area contributed by atoms with Gasteiger partial charge < -0.3 is 20.5 Å². The Hall–Kier alpha value is -0.650. The van der Waals surface area contributed by atoms with Gasteiger partial charge in [0.05, 0.1) is 19.8 Å². The van der Waals surface area contributed by atoms with Crippen LogP contribution >= 0.6 is 0 Å². The van der Waals surface area contributed by atoms with Crippen LogP contribution in [0.5, 0.6) is 0 Å². The van der Waals surface area contributed by atoms with E-state index in [1.807, 2.05) is 7.05 Å². The summed E-state index contributed by atoms with van der Waals surface area (Å²) in [4.78, 5) is 10.3. The third-order valence-corrected chi connectivity index (χ3v) is 1.58. The van der Waals surface area contributed by atoms with Gasteiger partial charge in [0.25, 0.3) is 0 Å².